The standard InChI is InChI=1S/C13H21N3/c1-3-13(15-4-2)12-7-10-16(11-12)9-6-5-8-14/h7,10-11,13,15H,3-6,9H2,1-2H3. The van der Waals surface area contributed by atoms with E-state index in [1.807, 2.05) is 0 Å². The van der Waals surface area contributed by atoms with Gasteiger partial charge in [0.1, 0.15) is 0 Å². The SMILES string of the molecule is CCNC(CC)c1ccn(CCCC#N)c1. The summed E-state index contributed by atoms with van der Waals surface area (Å²) in [4.78, 5) is 0. The minimum absolute atomic E-state index is 0.460. The number of aryl methyl sites for hydroxylation is 1. The summed E-state index contributed by atoms with van der Waals surface area (Å²) in [5.74, 6) is 0. The molecule has 1 aromatic rings. The van der Waals surface area contributed by atoms with E-state index < -0.39 is 0 Å². The molecule has 1 aromatic heterocycles. The molecule has 0 aliphatic carbocycles. The molecule has 0 bridgehead atoms. The van der Waals surface area contributed by atoms with E-state index in [1.54, 1.807) is 0 Å². The number of hydrogen-bond acceptors (Lipinski definition) is 2. The van der Waals surface area contributed by atoms with Crippen LogP contribution in [0.4, 0.5) is 0 Å². The lowest BCUT2D eigenvalue weighted by Crippen LogP contribution is -2.19. The van der Waals surface area contributed by atoms with Crippen LogP contribution in [0.15, 0.2) is 18.5 Å². The quantitative estimate of drug-likeness (QED) is 0.716. The minimum Gasteiger partial charge on any atom is -0.354 e. The number of nitriles is 1. The molecule has 1 atom stereocenters. The van der Waals surface area contributed by atoms with Crippen molar-refractivity contribution in [3.05, 3.63) is 24.0 Å². The van der Waals surface area contributed by atoms with Crippen molar-refractivity contribution in [2.24, 2.45) is 0 Å². The zero-order chi connectivity index (χ0) is 11.8. The molecule has 3 nitrogen and oxygen atoms in total. The van der Waals surface area contributed by atoms with Gasteiger partial charge in [0.25, 0.3) is 0 Å². The minimum atomic E-state index is 0.460. The summed E-state index contributed by atoms with van der Waals surface area (Å²) < 4.78 is 2.17. The first-order valence-electron chi connectivity index (χ1n) is 6.07. The first-order valence-corrected chi connectivity index (χ1v) is 6.07. The van der Waals surface area contributed by atoms with Crippen LogP contribution in [0.5, 0.6) is 0 Å². The van der Waals surface area contributed by atoms with Crippen molar-refractivity contribution in [2.75, 3.05) is 6.54 Å². The number of rotatable bonds is 7. The molecule has 1 N–H and O–H groups in total. The Morgan fingerprint density at radius 1 is 1.50 bits per heavy atom. The van der Waals surface area contributed by atoms with Crippen LogP contribution in [-0.2, 0) is 6.54 Å². The van der Waals surface area contributed by atoms with Gasteiger partial charge in [0, 0.05) is 31.4 Å². The van der Waals surface area contributed by atoms with E-state index in [-0.39, 0.29) is 0 Å². The topological polar surface area (TPSA) is 40.8 Å². The third-order valence-corrected chi connectivity index (χ3v) is 2.74. The third-order valence-electron chi connectivity index (χ3n) is 2.74. The highest BCUT2D eigenvalue weighted by atomic mass is 15.0. The third kappa shape index (κ3) is 3.71. The summed E-state index contributed by atoms with van der Waals surface area (Å²) >= 11 is 0. The fourth-order valence-corrected chi connectivity index (χ4v) is 1.89. The number of aromatic nitrogens is 1. The van der Waals surface area contributed by atoms with Crippen molar-refractivity contribution in [3.8, 4) is 6.07 Å². The van der Waals surface area contributed by atoms with E-state index in [2.05, 4.69) is 48.3 Å². The number of nitrogens with zero attached hydrogens (tertiary/aromatic N) is 2. The predicted molar refractivity (Wildman–Crippen MR) is 66.0 cm³/mol. The molecule has 16 heavy (non-hydrogen) atoms. The maximum Gasteiger partial charge on any atom is 0.0622 e. The van der Waals surface area contributed by atoms with Crippen molar-refractivity contribution >= 4 is 0 Å². The lowest BCUT2D eigenvalue weighted by molar-refractivity contribution is 0.535. The molecule has 3 heteroatoms. The molecule has 0 saturated carbocycles. The Balaban J connectivity index is 2.52. The first kappa shape index (κ1) is 12.8. The van der Waals surface area contributed by atoms with Gasteiger partial charge in [-0.2, -0.15) is 5.26 Å². The maximum absolute atomic E-state index is 8.48. The Hall–Kier alpha value is -1.27. The summed E-state index contributed by atoms with van der Waals surface area (Å²) in [6, 6.07) is 4.80. The number of nitrogens with one attached hydrogen (secondary N) is 1. The lowest BCUT2D eigenvalue weighted by atomic mass is 10.1. The maximum atomic E-state index is 8.48. The van der Waals surface area contributed by atoms with E-state index in [0.29, 0.717) is 12.5 Å². The molecule has 1 unspecified atom stereocenters. The molecule has 0 saturated heterocycles. The molecular weight excluding hydrogens is 198 g/mol. The van der Waals surface area contributed by atoms with E-state index in [9.17, 15) is 0 Å². The Morgan fingerprint density at radius 3 is 2.94 bits per heavy atom. The van der Waals surface area contributed by atoms with Gasteiger partial charge in [-0.3, -0.25) is 0 Å². The second-order valence-corrected chi connectivity index (χ2v) is 3.96. The first-order chi connectivity index (χ1) is 7.81. The summed E-state index contributed by atoms with van der Waals surface area (Å²) in [7, 11) is 0. The summed E-state index contributed by atoms with van der Waals surface area (Å²) in [6.07, 6.45) is 6.97. The van der Waals surface area contributed by atoms with Gasteiger partial charge in [0.2, 0.25) is 0 Å². The van der Waals surface area contributed by atoms with Crippen LogP contribution in [0, 0.1) is 11.3 Å². The fraction of sp³-hybridized carbons (Fsp3) is 0.615. The molecule has 0 fully saturated rings. The van der Waals surface area contributed by atoms with Gasteiger partial charge in [-0.1, -0.05) is 13.8 Å². The molecule has 0 spiro atoms. The van der Waals surface area contributed by atoms with Crippen LogP contribution >= 0.6 is 0 Å². The monoisotopic (exact) mass is 219 g/mol. The van der Waals surface area contributed by atoms with Crippen LogP contribution < -0.4 is 5.32 Å². The molecule has 0 aliphatic heterocycles. The Morgan fingerprint density at radius 2 is 2.31 bits per heavy atom. The fourth-order valence-electron chi connectivity index (χ4n) is 1.89. The van der Waals surface area contributed by atoms with E-state index >= 15 is 0 Å². The normalized spacial score (nSPS) is 12.3. The van der Waals surface area contributed by atoms with Crippen LogP contribution in [-0.4, -0.2) is 11.1 Å². The van der Waals surface area contributed by atoms with Crippen LogP contribution in [0.25, 0.3) is 0 Å². The van der Waals surface area contributed by atoms with E-state index in [1.165, 1.54) is 5.56 Å². The predicted octanol–water partition coefficient (Wildman–Crippen LogP) is 2.85. The Kier molecular flexibility index (Phi) is 5.66. The summed E-state index contributed by atoms with van der Waals surface area (Å²) in [5, 5.41) is 11.9. The van der Waals surface area contributed by atoms with Crippen molar-refractivity contribution in [3.63, 3.8) is 0 Å². The van der Waals surface area contributed by atoms with Gasteiger partial charge >= 0.3 is 0 Å². The second-order valence-electron chi connectivity index (χ2n) is 3.96. The zero-order valence-electron chi connectivity index (χ0n) is 10.2. The molecule has 1 heterocycles. The molecule has 0 amide bonds. The average Bonchev–Trinajstić information content (AvgIpc) is 2.75. The molecule has 0 aliphatic rings. The van der Waals surface area contributed by atoms with Gasteiger partial charge < -0.3 is 9.88 Å². The number of hydrogen-bond donors (Lipinski definition) is 1. The highest BCUT2D eigenvalue weighted by molar-refractivity contribution is 5.15. The van der Waals surface area contributed by atoms with Gasteiger partial charge in [0.15, 0.2) is 0 Å². The molecule has 0 radical (unpaired) electrons. The van der Waals surface area contributed by atoms with Crippen molar-refractivity contribution in [1.82, 2.24) is 9.88 Å². The highest BCUT2D eigenvalue weighted by Crippen LogP contribution is 2.16. The highest BCUT2D eigenvalue weighted by Gasteiger charge is 2.08. The van der Waals surface area contributed by atoms with Crippen molar-refractivity contribution < 1.29 is 0 Å². The van der Waals surface area contributed by atoms with Crippen molar-refractivity contribution in [1.29, 1.82) is 5.26 Å². The second kappa shape index (κ2) is 7.08. The summed E-state index contributed by atoms with van der Waals surface area (Å²) in [5.41, 5.74) is 1.35. The molecular formula is C13H21N3. The van der Waals surface area contributed by atoms with Gasteiger partial charge in [0.05, 0.1) is 6.07 Å². The van der Waals surface area contributed by atoms with Gasteiger partial charge in [-0.15, -0.1) is 0 Å². The zero-order valence-corrected chi connectivity index (χ0v) is 10.2. The molecule has 0 aromatic carbocycles. The number of unbranched alkanes of at least 4 members (excludes halogenated alkanes) is 1. The van der Waals surface area contributed by atoms with Gasteiger partial charge in [-0.25, -0.2) is 0 Å². The smallest absolute Gasteiger partial charge is 0.0622 e. The van der Waals surface area contributed by atoms with Crippen molar-refractivity contribution in [2.45, 2.75) is 45.7 Å². The molecule has 1 rings (SSSR count). The summed E-state index contributed by atoms with van der Waals surface area (Å²) in [6.45, 7) is 6.27. The Labute approximate surface area is 98.1 Å². The van der Waals surface area contributed by atoms with E-state index in [0.717, 1.165) is 25.9 Å². The lowest BCUT2D eigenvalue weighted by Gasteiger charge is -2.13. The van der Waals surface area contributed by atoms with Crippen LogP contribution in [0.1, 0.15) is 44.7 Å². The van der Waals surface area contributed by atoms with Crippen LogP contribution in [0.3, 0.4) is 0 Å². The van der Waals surface area contributed by atoms with Gasteiger partial charge in [-0.05, 0) is 31.0 Å². The average molecular weight is 219 g/mol. The van der Waals surface area contributed by atoms with Crippen LogP contribution in [0.2, 0.25) is 0 Å². The van der Waals surface area contributed by atoms with E-state index in [4.69, 9.17) is 5.26 Å². The molecule has 88 valence electrons. The largest absolute Gasteiger partial charge is 0.354 e. The Bertz CT molecular complexity index is 335.